The van der Waals surface area contributed by atoms with Crippen LogP contribution in [0.4, 0.5) is 10.5 Å². The number of anilines is 1. The minimum atomic E-state index is -0.194. The summed E-state index contributed by atoms with van der Waals surface area (Å²) in [6.45, 7) is 5.64. The van der Waals surface area contributed by atoms with Gasteiger partial charge in [0.05, 0.1) is 11.4 Å². The van der Waals surface area contributed by atoms with Crippen LogP contribution in [-0.4, -0.2) is 22.4 Å². The summed E-state index contributed by atoms with van der Waals surface area (Å²) in [6.07, 6.45) is 0.831. The molecule has 1 aliphatic heterocycles. The Morgan fingerprint density at radius 1 is 1.30 bits per heavy atom. The Kier molecular flexibility index (Phi) is 3.28. The summed E-state index contributed by atoms with van der Waals surface area (Å²) in [4.78, 5) is 12.4. The second-order valence-corrected chi connectivity index (χ2v) is 5.15. The Morgan fingerprint density at radius 2 is 2.05 bits per heavy atom. The van der Waals surface area contributed by atoms with Crippen molar-refractivity contribution in [2.45, 2.75) is 26.8 Å². The normalized spacial score (nSPS) is 13.9. The molecule has 0 fully saturated rings. The summed E-state index contributed by atoms with van der Waals surface area (Å²) in [5, 5.41) is 10.6. The molecule has 20 heavy (non-hydrogen) atoms. The van der Waals surface area contributed by atoms with E-state index in [1.807, 2.05) is 38.1 Å². The number of nitrogens with zero attached hydrogens (tertiary/aromatic N) is 2. The molecule has 2 heterocycles. The molecule has 1 amide bonds. The molecule has 0 bridgehead atoms. The zero-order valence-electron chi connectivity index (χ0n) is 11.7. The Hall–Kier alpha value is -2.14. The number of amides is 1. The molecule has 0 atom stereocenters. The second-order valence-electron chi connectivity index (χ2n) is 5.15. The molecule has 0 unspecified atom stereocenters. The first-order valence-corrected chi connectivity index (χ1v) is 6.81. The van der Waals surface area contributed by atoms with Gasteiger partial charge in [0.1, 0.15) is 0 Å². The molecule has 2 N–H and O–H groups in total. The number of hydrogen-bond donors (Lipinski definition) is 2. The minimum Gasteiger partial charge on any atom is -0.312 e. The molecule has 1 aliphatic rings. The van der Waals surface area contributed by atoms with E-state index in [0.717, 1.165) is 42.1 Å². The fourth-order valence-electron chi connectivity index (χ4n) is 2.50. The summed E-state index contributed by atoms with van der Waals surface area (Å²) in [7, 11) is 0. The monoisotopic (exact) mass is 270 g/mol. The van der Waals surface area contributed by atoms with Gasteiger partial charge in [-0.2, -0.15) is 9.78 Å². The van der Waals surface area contributed by atoms with Crippen LogP contribution in [0.1, 0.15) is 22.5 Å². The Labute approximate surface area is 118 Å². The number of hydrogen-bond acceptors (Lipinski definition) is 3. The van der Waals surface area contributed by atoms with Crippen molar-refractivity contribution in [2.24, 2.45) is 0 Å². The molecule has 0 aliphatic carbocycles. The third-order valence-electron chi connectivity index (χ3n) is 3.63. The number of fused-ring (bicyclic) bond motifs is 1. The summed E-state index contributed by atoms with van der Waals surface area (Å²) >= 11 is 0. The molecule has 3 rings (SSSR count). The van der Waals surface area contributed by atoms with Crippen molar-refractivity contribution >= 4 is 11.7 Å². The lowest BCUT2D eigenvalue weighted by atomic mass is 10.1. The largest absolute Gasteiger partial charge is 0.346 e. The lowest BCUT2D eigenvalue weighted by molar-refractivity contribution is 0.250. The van der Waals surface area contributed by atoms with Gasteiger partial charge in [0, 0.05) is 30.8 Å². The average Bonchev–Trinajstić information content (AvgIpc) is 2.79. The maximum Gasteiger partial charge on any atom is 0.346 e. The van der Waals surface area contributed by atoms with Crippen LogP contribution < -0.4 is 10.6 Å². The van der Waals surface area contributed by atoms with E-state index in [-0.39, 0.29) is 6.03 Å². The predicted molar refractivity (Wildman–Crippen MR) is 78.0 cm³/mol. The van der Waals surface area contributed by atoms with Crippen LogP contribution in [0, 0.1) is 13.8 Å². The van der Waals surface area contributed by atoms with Gasteiger partial charge < -0.3 is 10.6 Å². The highest BCUT2D eigenvalue weighted by molar-refractivity contribution is 5.91. The summed E-state index contributed by atoms with van der Waals surface area (Å²) in [6, 6.07) is 7.56. The average molecular weight is 270 g/mol. The molecule has 0 spiro atoms. The molecule has 2 aromatic rings. The number of nitrogens with one attached hydrogen (secondary N) is 2. The van der Waals surface area contributed by atoms with E-state index in [1.165, 1.54) is 10.2 Å². The topological polar surface area (TPSA) is 59.0 Å². The van der Waals surface area contributed by atoms with Crippen molar-refractivity contribution in [2.75, 3.05) is 11.9 Å². The van der Waals surface area contributed by atoms with Gasteiger partial charge >= 0.3 is 6.03 Å². The first-order valence-electron chi connectivity index (χ1n) is 6.81. The van der Waals surface area contributed by atoms with E-state index < -0.39 is 0 Å². The first kappa shape index (κ1) is 12.9. The maximum absolute atomic E-state index is 12.4. The van der Waals surface area contributed by atoms with Crippen molar-refractivity contribution in [3.63, 3.8) is 0 Å². The molecule has 1 aromatic heterocycles. The van der Waals surface area contributed by atoms with Crippen molar-refractivity contribution < 1.29 is 4.79 Å². The number of carbonyl (C=O) groups is 1. The quantitative estimate of drug-likeness (QED) is 0.835. The van der Waals surface area contributed by atoms with Crippen molar-refractivity contribution in [3.8, 4) is 0 Å². The zero-order valence-corrected chi connectivity index (χ0v) is 11.7. The van der Waals surface area contributed by atoms with Gasteiger partial charge in [-0.05, 0) is 26.0 Å². The number of aryl methyl sites for hydroxylation is 2. The molecule has 5 heteroatoms. The molecule has 1 aromatic carbocycles. The van der Waals surface area contributed by atoms with Crippen molar-refractivity contribution in [1.82, 2.24) is 15.1 Å². The highest BCUT2D eigenvalue weighted by atomic mass is 16.2. The zero-order chi connectivity index (χ0) is 14.1. The van der Waals surface area contributed by atoms with Gasteiger partial charge in [-0.3, -0.25) is 0 Å². The van der Waals surface area contributed by atoms with Gasteiger partial charge in [0.25, 0.3) is 0 Å². The molecular weight excluding hydrogens is 252 g/mol. The minimum absolute atomic E-state index is 0.194. The van der Waals surface area contributed by atoms with Crippen LogP contribution in [-0.2, 0) is 13.0 Å². The van der Waals surface area contributed by atoms with Crippen molar-refractivity contribution in [1.29, 1.82) is 0 Å². The molecular formula is C15H18N4O. The van der Waals surface area contributed by atoms with Crippen molar-refractivity contribution in [3.05, 3.63) is 46.8 Å². The lowest BCUT2D eigenvalue weighted by Gasteiger charge is -2.15. The fraction of sp³-hybridized carbons (Fsp3) is 0.333. The second kappa shape index (κ2) is 5.09. The van der Waals surface area contributed by atoms with Crippen LogP contribution in [0.2, 0.25) is 0 Å². The van der Waals surface area contributed by atoms with Gasteiger partial charge in [-0.1, -0.05) is 17.7 Å². The highest BCUT2D eigenvalue weighted by Crippen LogP contribution is 2.18. The number of carbonyl (C=O) groups excluding carboxylic acids is 1. The van der Waals surface area contributed by atoms with Gasteiger partial charge in [0.2, 0.25) is 0 Å². The molecule has 0 saturated carbocycles. The number of benzene rings is 1. The fourth-order valence-corrected chi connectivity index (χ4v) is 2.50. The van der Waals surface area contributed by atoms with Crippen LogP contribution in [0.5, 0.6) is 0 Å². The molecule has 5 nitrogen and oxygen atoms in total. The van der Waals surface area contributed by atoms with E-state index in [4.69, 9.17) is 0 Å². The third-order valence-corrected chi connectivity index (χ3v) is 3.63. The highest BCUT2D eigenvalue weighted by Gasteiger charge is 2.21. The Morgan fingerprint density at radius 3 is 2.80 bits per heavy atom. The standard InChI is InChI=1S/C15H18N4O/c1-10-3-5-12(6-4-10)17-15(20)19-14-7-8-16-9-13(14)11(2)18-19/h3-6,16H,7-9H2,1-2H3,(H,17,20). The molecule has 104 valence electrons. The van der Waals surface area contributed by atoms with E-state index in [1.54, 1.807) is 0 Å². The van der Waals surface area contributed by atoms with E-state index in [9.17, 15) is 4.79 Å². The summed E-state index contributed by atoms with van der Waals surface area (Å²) in [5.41, 5.74) is 5.05. The predicted octanol–water partition coefficient (Wildman–Crippen LogP) is 2.23. The number of rotatable bonds is 1. The summed E-state index contributed by atoms with van der Waals surface area (Å²) < 4.78 is 1.51. The van der Waals surface area contributed by atoms with E-state index >= 15 is 0 Å². The Balaban J connectivity index is 1.86. The van der Waals surface area contributed by atoms with Gasteiger partial charge in [-0.25, -0.2) is 4.79 Å². The lowest BCUT2D eigenvalue weighted by Crippen LogP contribution is -2.28. The van der Waals surface area contributed by atoms with Gasteiger partial charge in [0.15, 0.2) is 0 Å². The Bertz CT molecular complexity index is 643. The van der Waals surface area contributed by atoms with Gasteiger partial charge in [-0.15, -0.1) is 0 Å². The smallest absolute Gasteiger partial charge is 0.312 e. The maximum atomic E-state index is 12.4. The number of aromatic nitrogens is 2. The SMILES string of the molecule is Cc1ccc(NC(=O)n2nc(C)c3c2CCNC3)cc1. The molecule has 0 radical (unpaired) electrons. The van der Waals surface area contributed by atoms with Crippen LogP contribution in [0.3, 0.4) is 0 Å². The van der Waals surface area contributed by atoms with E-state index in [0.29, 0.717) is 0 Å². The summed E-state index contributed by atoms with van der Waals surface area (Å²) in [5.74, 6) is 0. The van der Waals surface area contributed by atoms with Crippen LogP contribution >= 0.6 is 0 Å². The first-order chi connectivity index (χ1) is 9.65. The van der Waals surface area contributed by atoms with E-state index in [2.05, 4.69) is 15.7 Å². The molecule has 0 saturated heterocycles. The van der Waals surface area contributed by atoms with Crippen LogP contribution in [0.15, 0.2) is 24.3 Å². The third kappa shape index (κ3) is 2.32. The van der Waals surface area contributed by atoms with Crippen LogP contribution in [0.25, 0.3) is 0 Å².